The van der Waals surface area contributed by atoms with Gasteiger partial charge < -0.3 is 15.1 Å². The van der Waals surface area contributed by atoms with Crippen molar-refractivity contribution in [1.82, 2.24) is 10.6 Å². The van der Waals surface area contributed by atoms with Crippen molar-refractivity contribution in [3.05, 3.63) is 23.2 Å². The molecule has 0 bridgehead atoms. The van der Waals surface area contributed by atoms with Gasteiger partial charge in [-0.15, -0.1) is 0 Å². The Hall–Kier alpha value is -0.800. The molecule has 0 aliphatic carbocycles. The number of aryl methyl sites for hydroxylation is 2. The summed E-state index contributed by atoms with van der Waals surface area (Å²) in [5.74, 6) is 2.88. The lowest BCUT2D eigenvalue weighted by Gasteiger charge is -2.24. The fourth-order valence-corrected chi connectivity index (χ4v) is 2.62. The highest BCUT2D eigenvalue weighted by Gasteiger charge is 2.16. The molecule has 1 fully saturated rings. The minimum atomic E-state index is 0.391. The molecule has 0 amide bonds. The van der Waals surface area contributed by atoms with E-state index in [1.807, 2.05) is 13.8 Å². The van der Waals surface area contributed by atoms with Crippen LogP contribution in [0.2, 0.25) is 0 Å². The smallest absolute Gasteiger partial charge is 0.105 e. The highest BCUT2D eigenvalue weighted by Crippen LogP contribution is 2.21. The summed E-state index contributed by atoms with van der Waals surface area (Å²) in [6.07, 6.45) is 2.59. The number of nitrogens with one attached hydrogen (secondary N) is 2. The van der Waals surface area contributed by atoms with Crippen LogP contribution in [-0.2, 0) is 0 Å². The van der Waals surface area contributed by atoms with E-state index >= 15 is 0 Å². The maximum absolute atomic E-state index is 5.58. The third-order valence-electron chi connectivity index (χ3n) is 3.72. The first-order chi connectivity index (χ1) is 8.16. The average molecular weight is 236 g/mol. The summed E-state index contributed by atoms with van der Waals surface area (Å²) >= 11 is 0. The molecule has 2 N–H and O–H groups in total. The van der Waals surface area contributed by atoms with E-state index in [2.05, 4.69) is 23.6 Å². The summed E-state index contributed by atoms with van der Waals surface area (Å²) < 4.78 is 5.58. The van der Waals surface area contributed by atoms with E-state index in [1.165, 1.54) is 31.5 Å². The Kier molecular flexibility index (Phi) is 4.24. The van der Waals surface area contributed by atoms with Gasteiger partial charge >= 0.3 is 0 Å². The third kappa shape index (κ3) is 3.33. The number of rotatable bonds is 4. The Labute approximate surface area is 104 Å². The van der Waals surface area contributed by atoms with Gasteiger partial charge in [0.05, 0.1) is 0 Å². The zero-order chi connectivity index (χ0) is 12.3. The molecule has 0 aromatic carbocycles. The van der Waals surface area contributed by atoms with Crippen molar-refractivity contribution in [3.63, 3.8) is 0 Å². The van der Waals surface area contributed by atoms with Crippen LogP contribution in [0.25, 0.3) is 0 Å². The fourth-order valence-electron chi connectivity index (χ4n) is 2.62. The van der Waals surface area contributed by atoms with E-state index < -0.39 is 0 Å². The molecule has 0 spiro atoms. The molecule has 1 aliphatic rings. The first-order valence-corrected chi connectivity index (χ1v) is 6.68. The Bertz CT molecular complexity index is 353. The number of hydrogen-bond acceptors (Lipinski definition) is 3. The minimum absolute atomic E-state index is 0.391. The van der Waals surface area contributed by atoms with Crippen molar-refractivity contribution >= 4 is 0 Å². The molecular weight excluding hydrogens is 212 g/mol. The Morgan fingerprint density at radius 2 is 2.12 bits per heavy atom. The van der Waals surface area contributed by atoms with Crippen molar-refractivity contribution in [2.24, 2.45) is 5.92 Å². The molecule has 17 heavy (non-hydrogen) atoms. The topological polar surface area (TPSA) is 37.2 Å². The van der Waals surface area contributed by atoms with Crippen LogP contribution in [0, 0.1) is 19.8 Å². The first-order valence-electron chi connectivity index (χ1n) is 6.68. The Morgan fingerprint density at radius 1 is 1.41 bits per heavy atom. The maximum atomic E-state index is 5.58. The molecule has 2 heterocycles. The van der Waals surface area contributed by atoms with Crippen molar-refractivity contribution in [1.29, 1.82) is 0 Å². The van der Waals surface area contributed by atoms with Crippen LogP contribution in [0.15, 0.2) is 10.5 Å². The normalized spacial score (nSPS) is 19.5. The van der Waals surface area contributed by atoms with Gasteiger partial charge in [-0.25, -0.2) is 0 Å². The molecule has 1 aliphatic heterocycles. The van der Waals surface area contributed by atoms with E-state index in [1.54, 1.807) is 0 Å². The van der Waals surface area contributed by atoms with Gasteiger partial charge in [0.15, 0.2) is 0 Å². The monoisotopic (exact) mass is 236 g/mol. The average Bonchev–Trinajstić information content (AvgIpc) is 2.67. The van der Waals surface area contributed by atoms with Crippen LogP contribution in [-0.4, -0.2) is 19.6 Å². The molecule has 1 saturated heterocycles. The predicted molar refractivity (Wildman–Crippen MR) is 70.2 cm³/mol. The van der Waals surface area contributed by atoms with E-state index in [0.717, 1.165) is 24.0 Å². The summed E-state index contributed by atoms with van der Waals surface area (Å²) in [6, 6.07) is 2.54. The Morgan fingerprint density at radius 3 is 2.71 bits per heavy atom. The molecule has 0 saturated carbocycles. The number of piperidine rings is 1. The quantitative estimate of drug-likeness (QED) is 0.843. The first kappa shape index (κ1) is 12.7. The summed E-state index contributed by atoms with van der Waals surface area (Å²) in [6.45, 7) is 9.74. The highest BCUT2D eigenvalue weighted by molar-refractivity contribution is 5.23. The SMILES string of the molecule is Cc1cc(C(C)NCC2CCNCC2)c(C)o1. The fraction of sp³-hybridized carbons (Fsp3) is 0.714. The van der Waals surface area contributed by atoms with E-state index in [0.29, 0.717) is 6.04 Å². The van der Waals surface area contributed by atoms with Crippen molar-refractivity contribution < 1.29 is 4.42 Å². The summed E-state index contributed by atoms with van der Waals surface area (Å²) in [5.41, 5.74) is 1.30. The summed E-state index contributed by atoms with van der Waals surface area (Å²) in [5, 5.41) is 7.04. The molecule has 1 aromatic heterocycles. The molecule has 96 valence electrons. The third-order valence-corrected chi connectivity index (χ3v) is 3.72. The lowest BCUT2D eigenvalue weighted by Crippen LogP contribution is -2.34. The van der Waals surface area contributed by atoms with E-state index in [9.17, 15) is 0 Å². The minimum Gasteiger partial charge on any atom is -0.466 e. The molecule has 2 rings (SSSR count). The van der Waals surface area contributed by atoms with E-state index in [4.69, 9.17) is 4.42 Å². The standard InChI is InChI=1S/C14H24N2O/c1-10-8-14(12(3)17-10)11(2)16-9-13-4-6-15-7-5-13/h8,11,13,15-16H,4-7,9H2,1-3H3. The second kappa shape index (κ2) is 5.69. The zero-order valence-corrected chi connectivity index (χ0v) is 11.2. The lowest BCUT2D eigenvalue weighted by molar-refractivity contribution is 0.344. The Balaban J connectivity index is 1.84. The van der Waals surface area contributed by atoms with Crippen molar-refractivity contribution in [3.8, 4) is 0 Å². The van der Waals surface area contributed by atoms with Crippen LogP contribution in [0.1, 0.15) is 42.9 Å². The van der Waals surface area contributed by atoms with Crippen LogP contribution in [0.3, 0.4) is 0 Å². The van der Waals surface area contributed by atoms with Crippen molar-refractivity contribution in [2.45, 2.75) is 39.7 Å². The largest absolute Gasteiger partial charge is 0.466 e. The zero-order valence-electron chi connectivity index (χ0n) is 11.2. The predicted octanol–water partition coefficient (Wildman–Crippen LogP) is 2.55. The number of furan rings is 1. The lowest BCUT2D eigenvalue weighted by atomic mass is 9.97. The van der Waals surface area contributed by atoms with Crippen LogP contribution in [0.4, 0.5) is 0 Å². The van der Waals surface area contributed by atoms with Gasteiger partial charge in [-0.1, -0.05) is 0 Å². The molecule has 1 unspecified atom stereocenters. The molecule has 1 aromatic rings. The second-order valence-electron chi connectivity index (χ2n) is 5.19. The van der Waals surface area contributed by atoms with Crippen LogP contribution in [0.5, 0.6) is 0 Å². The molecule has 0 radical (unpaired) electrons. The molecule has 3 heteroatoms. The molecule has 1 atom stereocenters. The number of hydrogen-bond donors (Lipinski definition) is 2. The molecular formula is C14H24N2O. The van der Waals surface area contributed by atoms with Crippen molar-refractivity contribution in [2.75, 3.05) is 19.6 Å². The van der Waals surface area contributed by atoms with Crippen LogP contribution < -0.4 is 10.6 Å². The van der Waals surface area contributed by atoms with E-state index in [-0.39, 0.29) is 0 Å². The second-order valence-corrected chi connectivity index (χ2v) is 5.19. The van der Waals surface area contributed by atoms with Gasteiger partial charge in [-0.05, 0) is 65.2 Å². The van der Waals surface area contributed by atoms with Gasteiger partial charge in [0.1, 0.15) is 11.5 Å². The van der Waals surface area contributed by atoms with Gasteiger partial charge in [0.25, 0.3) is 0 Å². The van der Waals surface area contributed by atoms with Crippen LogP contribution >= 0.6 is 0 Å². The highest BCUT2D eigenvalue weighted by atomic mass is 16.3. The van der Waals surface area contributed by atoms with Gasteiger partial charge in [-0.2, -0.15) is 0 Å². The molecule has 3 nitrogen and oxygen atoms in total. The van der Waals surface area contributed by atoms with Gasteiger partial charge in [0, 0.05) is 11.6 Å². The summed E-state index contributed by atoms with van der Waals surface area (Å²) in [7, 11) is 0. The maximum Gasteiger partial charge on any atom is 0.105 e. The summed E-state index contributed by atoms with van der Waals surface area (Å²) in [4.78, 5) is 0. The van der Waals surface area contributed by atoms with Gasteiger partial charge in [0.2, 0.25) is 0 Å². The van der Waals surface area contributed by atoms with Gasteiger partial charge in [-0.3, -0.25) is 0 Å².